The monoisotopic (exact) mass is 365 g/mol. The van der Waals surface area contributed by atoms with Gasteiger partial charge in [-0.3, -0.25) is 9.67 Å². The van der Waals surface area contributed by atoms with Gasteiger partial charge in [0.1, 0.15) is 0 Å². The summed E-state index contributed by atoms with van der Waals surface area (Å²) in [6.07, 6.45) is 4.69. The molecular formula is C11H20IN5O. The summed E-state index contributed by atoms with van der Waals surface area (Å²) >= 11 is 0. The third-order valence-electron chi connectivity index (χ3n) is 2.71. The van der Waals surface area contributed by atoms with Crippen molar-refractivity contribution in [1.82, 2.24) is 14.7 Å². The van der Waals surface area contributed by atoms with Crippen LogP contribution < -0.4 is 5.73 Å². The van der Waals surface area contributed by atoms with Gasteiger partial charge in [0.25, 0.3) is 0 Å². The minimum Gasteiger partial charge on any atom is -0.378 e. The zero-order chi connectivity index (χ0) is 11.9. The van der Waals surface area contributed by atoms with Crippen LogP contribution in [-0.4, -0.2) is 53.5 Å². The van der Waals surface area contributed by atoms with Gasteiger partial charge in [-0.2, -0.15) is 5.10 Å². The highest BCUT2D eigenvalue weighted by Gasteiger charge is 2.11. The van der Waals surface area contributed by atoms with Gasteiger partial charge >= 0.3 is 0 Å². The number of guanidine groups is 1. The van der Waals surface area contributed by atoms with E-state index >= 15 is 0 Å². The zero-order valence-corrected chi connectivity index (χ0v) is 12.7. The first kappa shape index (κ1) is 15.2. The molecule has 102 valence electrons. The Labute approximate surface area is 124 Å². The van der Waals surface area contributed by atoms with Crippen LogP contribution in [0.25, 0.3) is 0 Å². The number of hydrogen-bond donors (Lipinski definition) is 1. The van der Waals surface area contributed by atoms with Crippen molar-refractivity contribution < 1.29 is 4.74 Å². The molecule has 0 spiro atoms. The summed E-state index contributed by atoms with van der Waals surface area (Å²) < 4.78 is 7.16. The highest BCUT2D eigenvalue weighted by Crippen LogP contribution is 1.97. The third-order valence-corrected chi connectivity index (χ3v) is 2.71. The van der Waals surface area contributed by atoms with Crippen molar-refractivity contribution in [3.8, 4) is 0 Å². The molecule has 0 saturated carbocycles. The maximum absolute atomic E-state index is 5.91. The van der Waals surface area contributed by atoms with Gasteiger partial charge in [0.15, 0.2) is 5.96 Å². The van der Waals surface area contributed by atoms with Crippen LogP contribution in [0.1, 0.15) is 6.42 Å². The second-order valence-corrected chi connectivity index (χ2v) is 3.96. The summed E-state index contributed by atoms with van der Waals surface area (Å²) in [5, 5.41) is 4.13. The van der Waals surface area contributed by atoms with E-state index in [0.717, 1.165) is 45.8 Å². The Morgan fingerprint density at radius 3 is 2.83 bits per heavy atom. The van der Waals surface area contributed by atoms with Gasteiger partial charge in [0.2, 0.25) is 0 Å². The number of nitrogens with zero attached hydrogens (tertiary/aromatic N) is 4. The van der Waals surface area contributed by atoms with E-state index in [1.54, 1.807) is 6.20 Å². The van der Waals surface area contributed by atoms with Crippen LogP contribution >= 0.6 is 24.0 Å². The number of aliphatic imine (C=N–C) groups is 1. The Hall–Kier alpha value is -0.830. The fourth-order valence-electron chi connectivity index (χ4n) is 1.75. The molecule has 1 aliphatic heterocycles. The summed E-state index contributed by atoms with van der Waals surface area (Å²) in [5.74, 6) is 0.633. The lowest BCUT2D eigenvalue weighted by atomic mass is 10.4. The average molecular weight is 365 g/mol. The van der Waals surface area contributed by atoms with Gasteiger partial charge in [-0.25, -0.2) is 0 Å². The van der Waals surface area contributed by atoms with Crippen LogP contribution in [0.4, 0.5) is 0 Å². The van der Waals surface area contributed by atoms with Crippen molar-refractivity contribution >= 4 is 29.9 Å². The van der Waals surface area contributed by atoms with Gasteiger partial charge in [-0.1, -0.05) is 0 Å². The second-order valence-electron chi connectivity index (χ2n) is 3.96. The Balaban J connectivity index is 0.00000162. The summed E-state index contributed by atoms with van der Waals surface area (Å²) in [6.45, 7) is 4.78. The largest absolute Gasteiger partial charge is 0.378 e. The molecule has 0 atom stereocenters. The molecule has 1 saturated heterocycles. The van der Waals surface area contributed by atoms with E-state index in [1.807, 2.05) is 16.9 Å². The molecule has 0 aliphatic carbocycles. The standard InChI is InChI=1S/C11H19N5O.HI/c12-11(15-7-9-17-10-8-15)13-3-1-5-16-6-2-4-14-16;/h2,4,6H,1,3,5,7-10H2,(H2,12,13);1H. The van der Waals surface area contributed by atoms with Gasteiger partial charge in [0, 0.05) is 38.6 Å². The Morgan fingerprint density at radius 2 is 2.17 bits per heavy atom. The molecule has 7 heteroatoms. The molecule has 1 aliphatic rings. The molecule has 2 heterocycles. The number of halogens is 1. The maximum atomic E-state index is 5.91. The normalized spacial score (nSPS) is 16.4. The van der Waals surface area contributed by atoms with Crippen molar-refractivity contribution in [2.45, 2.75) is 13.0 Å². The quantitative estimate of drug-likeness (QED) is 0.366. The molecule has 0 amide bonds. The van der Waals surface area contributed by atoms with Crippen LogP contribution in [0, 0.1) is 0 Å². The van der Waals surface area contributed by atoms with E-state index in [0.29, 0.717) is 5.96 Å². The fraction of sp³-hybridized carbons (Fsp3) is 0.636. The third kappa shape index (κ3) is 4.81. The topological polar surface area (TPSA) is 68.7 Å². The molecule has 0 radical (unpaired) electrons. The van der Waals surface area contributed by atoms with Crippen molar-refractivity contribution in [1.29, 1.82) is 0 Å². The molecule has 1 aromatic rings. The van der Waals surface area contributed by atoms with Crippen LogP contribution in [0.3, 0.4) is 0 Å². The van der Waals surface area contributed by atoms with Crippen LogP contribution in [0.5, 0.6) is 0 Å². The maximum Gasteiger partial charge on any atom is 0.191 e. The molecule has 18 heavy (non-hydrogen) atoms. The number of rotatable bonds is 4. The molecule has 0 bridgehead atoms. The highest BCUT2D eigenvalue weighted by molar-refractivity contribution is 14.0. The molecule has 2 N–H and O–H groups in total. The molecule has 1 fully saturated rings. The smallest absolute Gasteiger partial charge is 0.191 e. The average Bonchev–Trinajstić information content (AvgIpc) is 2.88. The lowest BCUT2D eigenvalue weighted by molar-refractivity contribution is 0.0674. The van der Waals surface area contributed by atoms with Crippen LogP contribution in [0.15, 0.2) is 23.5 Å². The Morgan fingerprint density at radius 1 is 1.39 bits per heavy atom. The first-order valence-corrected chi connectivity index (χ1v) is 5.96. The van der Waals surface area contributed by atoms with E-state index < -0.39 is 0 Å². The van der Waals surface area contributed by atoms with E-state index in [1.165, 1.54) is 0 Å². The minimum atomic E-state index is 0. The summed E-state index contributed by atoms with van der Waals surface area (Å²) in [5.41, 5.74) is 5.91. The number of ether oxygens (including phenoxy) is 1. The zero-order valence-electron chi connectivity index (χ0n) is 10.4. The molecular weight excluding hydrogens is 345 g/mol. The van der Waals surface area contributed by atoms with Gasteiger partial charge in [-0.05, 0) is 12.5 Å². The summed E-state index contributed by atoms with van der Waals surface area (Å²) in [7, 11) is 0. The number of hydrogen-bond acceptors (Lipinski definition) is 3. The first-order chi connectivity index (χ1) is 8.36. The van der Waals surface area contributed by atoms with E-state index in [2.05, 4.69) is 15.0 Å². The van der Waals surface area contributed by atoms with E-state index in [9.17, 15) is 0 Å². The number of aromatic nitrogens is 2. The lowest BCUT2D eigenvalue weighted by Gasteiger charge is -2.27. The Kier molecular flexibility index (Phi) is 7.02. The van der Waals surface area contributed by atoms with Crippen molar-refractivity contribution in [2.75, 3.05) is 32.8 Å². The van der Waals surface area contributed by atoms with E-state index in [4.69, 9.17) is 10.5 Å². The van der Waals surface area contributed by atoms with Gasteiger partial charge in [-0.15, -0.1) is 24.0 Å². The predicted octanol–water partition coefficient (Wildman–Crippen LogP) is 0.538. The minimum absolute atomic E-state index is 0. The van der Waals surface area contributed by atoms with Gasteiger partial charge < -0.3 is 15.4 Å². The molecule has 2 rings (SSSR count). The van der Waals surface area contributed by atoms with Crippen molar-refractivity contribution in [3.05, 3.63) is 18.5 Å². The fourth-order valence-corrected chi connectivity index (χ4v) is 1.75. The number of nitrogens with two attached hydrogens (primary N) is 1. The number of aryl methyl sites for hydroxylation is 1. The lowest BCUT2D eigenvalue weighted by Crippen LogP contribution is -2.44. The van der Waals surface area contributed by atoms with Gasteiger partial charge in [0.05, 0.1) is 13.2 Å². The molecule has 6 nitrogen and oxygen atoms in total. The molecule has 0 unspecified atom stereocenters. The van der Waals surface area contributed by atoms with Crippen LogP contribution in [-0.2, 0) is 11.3 Å². The number of morpholine rings is 1. The highest BCUT2D eigenvalue weighted by atomic mass is 127. The molecule has 1 aromatic heterocycles. The second kappa shape index (κ2) is 8.30. The SMILES string of the molecule is I.NC(=NCCCn1cccn1)N1CCOCC1. The Bertz CT molecular complexity index is 348. The summed E-state index contributed by atoms with van der Waals surface area (Å²) in [6, 6.07) is 1.92. The van der Waals surface area contributed by atoms with Crippen molar-refractivity contribution in [3.63, 3.8) is 0 Å². The first-order valence-electron chi connectivity index (χ1n) is 5.96. The summed E-state index contributed by atoms with van der Waals surface area (Å²) in [4.78, 5) is 6.44. The predicted molar refractivity (Wildman–Crippen MR) is 81.1 cm³/mol. The van der Waals surface area contributed by atoms with Crippen molar-refractivity contribution in [2.24, 2.45) is 10.7 Å². The molecule has 0 aromatic carbocycles. The van der Waals surface area contributed by atoms with E-state index in [-0.39, 0.29) is 24.0 Å². The van der Waals surface area contributed by atoms with Crippen LogP contribution in [0.2, 0.25) is 0 Å².